The predicted octanol–water partition coefficient (Wildman–Crippen LogP) is 5.42. The molecule has 0 fully saturated rings. The van der Waals surface area contributed by atoms with Crippen molar-refractivity contribution in [2.45, 2.75) is 13.0 Å². The highest BCUT2D eigenvalue weighted by molar-refractivity contribution is 9.10. The largest absolute Gasteiger partial charge is 0.495 e. The van der Waals surface area contributed by atoms with E-state index in [0.717, 1.165) is 21.5 Å². The Morgan fingerprint density at radius 1 is 1.25 bits per heavy atom. The summed E-state index contributed by atoms with van der Waals surface area (Å²) in [6, 6.07) is 10.4. The van der Waals surface area contributed by atoms with Crippen LogP contribution in [-0.2, 0) is 0 Å². The average Bonchev–Trinajstić information content (AvgIpc) is 2.42. The monoisotopic (exact) mass is 357 g/mol. The van der Waals surface area contributed by atoms with Crippen LogP contribution in [0.4, 0.5) is 10.1 Å². The lowest BCUT2D eigenvalue weighted by atomic mass is 10.1. The number of halogens is 3. The highest BCUT2D eigenvalue weighted by Crippen LogP contribution is 2.31. The number of nitrogens with one attached hydrogen (secondary N) is 1. The molecule has 0 aliphatic carbocycles. The minimum atomic E-state index is -0.418. The van der Waals surface area contributed by atoms with Crippen LogP contribution >= 0.6 is 27.5 Å². The number of hydrogen-bond donors (Lipinski definition) is 1. The van der Waals surface area contributed by atoms with Crippen molar-refractivity contribution < 1.29 is 9.13 Å². The predicted molar refractivity (Wildman–Crippen MR) is 84.1 cm³/mol. The molecule has 0 aromatic heterocycles. The van der Waals surface area contributed by atoms with E-state index in [0.29, 0.717) is 0 Å². The van der Waals surface area contributed by atoms with E-state index in [1.807, 2.05) is 25.1 Å². The van der Waals surface area contributed by atoms with Crippen molar-refractivity contribution in [2.24, 2.45) is 0 Å². The van der Waals surface area contributed by atoms with E-state index in [2.05, 4.69) is 21.2 Å². The Kier molecular flexibility index (Phi) is 4.89. The van der Waals surface area contributed by atoms with Crippen LogP contribution in [0.5, 0.6) is 5.75 Å². The molecule has 0 radical (unpaired) electrons. The second kappa shape index (κ2) is 6.46. The van der Waals surface area contributed by atoms with Crippen LogP contribution in [0.15, 0.2) is 40.9 Å². The van der Waals surface area contributed by atoms with Gasteiger partial charge in [-0.1, -0.05) is 33.6 Å². The third kappa shape index (κ3) is 3.44. The van der Waals surface area contributed by atoms with Gasteiger partial charge in [0.2, 0.25) is 0 Å². The van der Waals surface area contributed by atoms with Gasteiger partial charge in [-0.15, -0.1) is 0 Å². The number of ether oxygens (including phenoxy) is 1. The Morgan fingerprint density at radius 3 is 2.65 bits per heavy atom. The van der Waals surface area contributed by atoms with E-state index in [1.54, 1.807) is 19.2 Å². The van der Waals surface area contributed by atoms with Crippen molar-refractivity contribution in [3.63, 3.8) is 0 Å². The first-order chi connectivity index (χ1) is 9.51. The minimum absolute atomic E-state index is 0.0787. The van der Waals surface area contributed by atoms with Gasteiger partial charge in [-0.05, 0) is 42.8 Å². The van der Waals surface area contributed by atoms with Gasteiger partial charge in [0.25, 0.3) is 0 Å². The van der Waals surface area contributed by atoms with Crippen molar-refractivity contribution in [3.05, 3.63) is 57.3 Å². The quantitative estimate of drug-likeness (QED) is 0.787. The van der Waals surface area contributed by atoms with Gasteiger partial charge in [-0.25, -0.2) is 4.39 Å². The smallest absolute Gasteiger partial charge is 0.142 e. The fraction of sp³-hybridized carbons (Fsp3) is 0.200. The second-order valence-corrected chi connectivity index (χ2v) is 5.71. The summed E-state index contributed by atoms with van der Waals surface area (Å²) in [6.07, 6.45) is 0. The molecule has 0 aliphatic heterocycles. The number of benzene rings is 2. The lowest BCUT2D eigenvalue weighted by Crippen LogP contribution is -2.08. The van der Waals surface area contributed by atoms with Crippen LogP contribution in [0.2, 0.25) is 5.02 Å². The average molecular weight is 359 g/mol. The number of hydrogen-bond acceptors (Lipinski definition) is 2. The zero-order valence-electron chi connectivity index (χ0n) is 11.1. The maximum Gasteiger partial charge on any atom is 0.142 e. The third-order valence-corrected chi connectivity index (χ3v) is 3.78. The fourth-order valence-electron chi connectivity index (χ4n) is 1.89. The molecule has 0 amide bonds. The molecule has 2 rings (SSSR count). The Morgan fingerprint density at radius 2 is 2.00 bits per heavy atom. The Balaban J connectivity index is 2.24. The molecule has 0 saturated carbocycles. The molecule has 0 saturated heterocycles. The zero-order valence-corrected chi connectivity index (χ0v) is 13.4. The van der Waals surface area contributed by atoms with Crippen LogP contribution in [-0.4, -0.2) is 7.11 Å². The molecule has 1 unspecified atom stereocenters. The van der Waals surface area contributed by atoms with Crippen molar-refractivity contribution in [3.8, 4) is 5.75 Å². The van der Waals surface area contributed by atoms with E-state index in [1.165, 1.54) is 6.07 Å². The zero-order chi connectivity index (χ0) is 14.7. The van der Waals surface area contributed by atoms with Gasteiger partial charge < -0.3 is 10.1 Å². The summed E-state index contributed by atoms with van der Waals surface area (Å²) in [6.45, 7) is 1.95. The maximum absolute atomic E-state index is 13.5. The SMILES string of the molecule is COc1ccc(Br)cc1NC(C)c1ccc(Cl)c(F)c1. The Labute approximate surface area is 131 Å². The lowest BCUT2D eigenvalue weighted by molar-refractivity contribution is 0.416. The first-order valence-electron chi connectivity index (χ1n) is 6.06. The molecular formula is C15H14BrClFNO. The summed E-state index contributed by atoms with van der Waals surface area (Å²) in [5.41, 5.74) is 1.65. The number of methoxy groups -OCH3 is 1. The summed E-state index contributed by atoms with van der Waals surface area (Å²) >= 11 is 9.11. The fourth-order valence-corrected chi connectivity index (χ4v) is 2.37. The summed E-state index contributed by atoms with van der Waals surface area (Å²) in [7, 11) is 1.61. The molecule has 0 spiro atoms. The topological polar surface area (TPSA) is 21.3 Å². The highest BCUT2D eigenvalue weighted by Gasteiger charge is 2.11. The van der Waals surface area contributed by atoms with Crippen molar-refractivity contribution in [1.82, 2.24) is 0 Å². The second-order valence-electron chi connectivity index (χ2n) is 4.38. The maximum atomic E-state index is 13.5. The molecule has 2 aromatic rings. The molecule has 1 N–H and O–H groups in total. The van der Waals surface area contributed by atoms with Gasteiger partial charge in [-0.2, -0.15) is 0 Å². The first-order valence-corrected chi connectivity index (χ1v) is 7.23. The van der Waals surface area contributed by atoms with Gasteiger partial charge in [0.1, 0.15) is 11.6 Å². The summed E-state index contributed by atoms with van der Waals surface area (Å²) < 4.78 is 19.7. The van der Waals surface area contributed by atoms with Gasteiger partial charge in [0.15, 0.2) is 0 Å². The van der Waals surface area contributed by atoms with Crippen LogP contribution in [0.25, 0.3) is 0 Å². The van der Waals surface area contributed by atoms with Crippen molar-refractivity contribution in [2.75, 3.05) is 12.4 Å². The normalized spacial score (nSPS) is 12.1. The van der Waals surface area contributed by atoms with Crippen molar-refractivity contribution >= 4 is 33.2 Å². The highest BCUT2D eigenvalue weighted by atomic mass is 79.9. The van der Waals surface area contributed by atoms with Crippen molar-refractivity contribution in [1.29, 1.82) is 0 Å². The Bertz CT molecular complexity index is 621. The molecular weight excluding hydrogens is 345 g/mol. The Hall–Kier alpha value is -1.26. The number of anilines is 1. The van der Waals surface area contributed by atoms with E-state index >= 15 is 0 Å². The molecule has 2 nitrogen and oxygen atoms in total. The molecule has 0 bridgehead atoms. The minimum Gasteiger partial charge on any atom is -0.495 e. The molecule has 20 heavy (non-hydrogen) atoms. The van der Waals surface area contributed by atoms with Gasteiger partial charge in [0.05, 0.1) is 17.8 Å². The lowest BCUT2D eigenvalue weighted by Gasteiger charge is -2.18. The van der Waals surface area contributed by atoms with Gasteiger partial charge >= 0.3 is 0 Å². The number of rotatable bonds is 4. The van der Waals surface area contributed by atoms with Crippen LogP contribution in [0.3, 0.4) is 0 Å². The van der Waals surface area contributed by atoms with E-state index in [4.69, 9.17) is 16.3 Å². The summed E-state index contributed by atoms with van der Waals surface area (Å²) in [4.78, 5) is 0. The molecule has 5 heteroatoms. The molecule has 0 heterocycles. The van der Waals surface area contributed by atoms with Gasteiger partial charge in [-0.3, -0.25) is 0 Å². The van der Waals surface area contributed by atoms with E-state index in [-0.39, 0.29) is 11.1 Å². The van der Waals surface area contributed by atoms with Crippen LogP contribution in [0.1, 0.15) is 18.5 Å². The molecule has 1 atom stereocenters. The molecule has 2 aromatic carbocycles. The van der Waals surface area contributed by atoms with Crippen LogP contribution in [0, 0.1) is 5.82 Å². The third-order valence-electron chi connectivity index (χ3n) is 2.98. The summed E-state index contributed by atoms with van der Waals surface area (Å²) in [5.74, 6) is 0.313. The van der Waals surface area contributed by atoms with Crippen LogP contribution < -0.4 is 10.1 Å². The first kappa shape index (κ1) is 15.1. The standard InChI is InChI=1S/C15H14BrClFNO/c1-9(10-3-5-12(17)13(18)7-10)19-14-8-11(16)4-6-15(14)20-2/h3-9,19H,1-2H3. The summed E-state index contributed by atoms with van der Waals surface area (Å²) in [5, 5.41) is 3.43. The van der Waals surface area contributed by atoms with E-state index in [9.17, 15) is 4.39 Å². The van der Waals surface area contributed by atoms with Gasteiger partial charge in [0, 0.05) is 10.5 Å². The molecule has 0 aliphatic rings. The van der Waals surface area contributed by atoms with E-state index < -0.39 is 5.82 Å². The molecule has 106 valence electrons.